The maximum Gasteiger partial charge on any atom is 0.229 e. The fourth-order valence-corrected chi connectivity index (χ4v) is 3.73. The molecule has 1 saturated heterocycles. The summed E-state index contributed by atoms with van der Waals surface area (Å²) in [6, 6.07) is 18.4. The van der Waals surface area contributed by atoms with Gasteiger partial charge in [-0.25, -0.2) is 9.97 Å². The first-order valence-electron chi connectivity index (χ1n) is 9.36. The zero-order valence-electron chi connectivity index (χ0n) is 14.7. The molecule has 1 aliphatic rings. The summed E-state index contributed by atoms with van der Waals surface area (Å²) < 4.78 is 1.94. The summed E-state index contributed by atoms with van der Waals surface area (Å²) in [6.45, 7) is 2.06. The number of hydrogen-bond donors (Lipinski definition) is 0. The maximum absolute atomic E-state index is 4.96. The average molecular weight is 343 g/mol. The van der Waals surface area contributed by atoms with Gasteiger partial charge in [0.2, 0.25) is 5.95 Å². The molecule has 1 fully saturated rings. The number of nitrogens with zero attached hydrogens (tertiary/aromatic N) is 5. The zero-order valence-corrected chi connectivity index (χ0v) is 14.7. The van der Waals surface area contributed by atoms with Gasteiger partial charge in [-0.3, -0.25) is 0 Å². The number of rotatable bonds is 2. The molecule has 26 heavy (non-hydrogen) atoms. The van der Waals surface area contributed by atoms with Crippen LogP contribution in [-0.4, -0.2) is 32.7 Å². The van der Waals surface area contributed by atoms with Crippen LogP contribution in [0.5, 0.6) is 0 Å². The van der Waals surface area contributed by atoms with Crippen molar-refractivity contribution in [1.29, 1.82) is 0 Å². The molecule has 0 atom stereocenters. The summed E-state index contributed by atoms with van der Waals surface area (Å²) >= 11 is 0. The molecule has 0 unspecified atom stereocenters. The Balaban J connectivity index is 1.75. The first-order chi connectivity index (χ1) is 12.9. The minimum atomic E-state index is 0.750. The molecule has 5 rings (SSSR count). The molecule has 2 aromatic carbocycles. The molecule has 1 aliphatic heterocycles. The highest BCUT2D eigenvalue weighted by Crippen LogP contribution is 2.26. The summed E-state index contributed by atoms with van der Waals surface area (Å²) in [6.07, 6.45) is 4.99. The van der Waals surface area contributed by atoms with Crippen LogP contribution in [0.3, 0.4) is 0 Å². The van der Waals surface area contributed by atoms with Gasteiger partial charge in [0.25, 0.3) is 0 Å². The van der Waals surface area contributed by atoms with Crippen molar-refractivity contribution in [2.24, 2.45) is 0 Å². The summed E-state index contributed by atoms with van der Waals surface area (Å²) in [5, 5.41) is 5.88. The Morgan fingerprint density at radius 1 is 0.731 bits per heavy atom. The van der Waals surface area contributed by atoms with Gasteiger partial charge in [-0.15, -0.1) is 5.10 Å². The van der Waals surface area contributed by atoms with Gasteiger partial charge in [0.1, 0.15) is 0 Å². The lowest BCUT2D eigenvalue weighted by Crippen LogP contribution is -2.27. The molecule has 0 bridgehead atoms. The molecule has 0 amide bonds. The quantitative estimate of drug-likeness (QED) is 0.544. The number of benzene rings is 2. The molecule has 5 heteroatoms. The predicted molar refractivity (Wildman–Crippen MR) is 104 cm³/mol. The zero-order chi connectivity index (χ0) is 17.3. The number of anilines is 1. The Hall–Kier alpha value is -2.95. The Kier molecular flexibility index (Phi) is 3.77. The molecule has 5 nitrogen and oxygen atoms in total. The van der Waals surface area contributed by atoms with Crippen LogP contribution in [0.15, 0.2) is 54.6 Å². The Morgan fingerprint density at radius 3 is 2.27 bits per heavy atom. The van der Waals surface area contributed by atoms with Gasteiger partial charge in [0.15, 0.2) is 11.5 Å². The van der Waals surface area contributed by atoms with Crippen LogP contribution >= 0.6 is 0 Å². The van der Waals surface area contributed by atoms with Crippen LogP contribution in [-0.2, 0) is 0 Å². The third kappa shape index (κ3) is 2.60. The SMILES string of the molecule is c1ccc(-c2nc3c4ccccc4nc(N4CCCCCC4)n3n2)cc1. The lowest BCUT2D eigenvalue weighted by Gasteiger charge is -2.22. The van der Waals surface area contributed by atoms with Crippen molar-refractivity contribution in [3.63, 3.8) is 0 Å². The molecule has 2 aromatic heterocycles. The smallest absolute Gasteiger partial charge is 0.229 e. The van der Waals surface area contributed by atoms with Crippen molar-refractivity contribution in [1.82, 2.24) is 19.6 Å². The standard InChI is InChI=1S/C21H21N5/c1-2-9-15-25(14-8-1)21-22-18-13-7-6-12-17(18)20-23-19(24-26(20)21)16-10-4-3-5-11-16/h3-7,10-13H,1-2,8-9,14-15H2. The molecule has 0 aliphatic carbocycles. The number of aromatic nitrogens is 4. The van der Waals surface area contributed by atoms with E-state index in [1.165, 1.54) is 25.7 Å². The highest BCUT2D eigenvalue weighted by atomic mass is 15.4. The van der Waals surface area contributed by atoms with Gasteiger partial charge in [0, 0.05) is 24.0 Å². The van der Waals surface area contributed by atoms with Crippen molar-refractivity contribution in [3.8, 4) is 11.4 Å². The molecule has 130 valence electrons. The third-order valence-electron chi connectivity index (χ3n) is 5.08. The van der Waals surface area contributed by atoms with Crippen LogP contribution in [0.25, 0.3) is 27.9 Å². The fraction of sp³-hybridized carbons (Fsp3) is 0.286. The third-order valence-corrected chi connectivity index (χ3v) is 5.08. The normalized spacial score (nSPS) is 15.5. The molecule has 0 radical (unpaired) electrons. The van der Waals surface area contributed by atoms with Crippen LogP contribution in [0.2, 0.25) is 0 Å². The van der Waals surface area contributed by atoms with Gasteiger partial charge in [0.05, 0.1) is 5.52 Å². The van der Waals surface area contributed by atoms with E-state index in [9.17, 15) is 0 Å². The number of para-hydroxylation sites is 1. The number of hydrogen-bond acceptors (Lipinski definition) is 4. The van der Waals surface area contributed by atoms with E-state index in [4.69, 9.17) is 15.1 Å². The second-order valence-electron chi connectivity index (χ2n) is 6.87. The molecule has 0 spiro atoms. The van der Waals surface area contributed by atoms with E-state index in [0.29, 0.717) is 0 Å². The van der Waals surface area contributed by atoms with E-state index in [1.807, 2.05) is 34.8 Å². The van der Waals surface area contributed by atoms with E-state index < -0.39 is 0 Å². The molecule has 4 aromatic rings. The monoisotopic (exact) mass is 343 g/mol. The van der Waals surface area contributed by atoms with Crippen LogP contribution in [0, 0.1) is 0 Å². The van der Waals surface area contributed by atoms with Gasteiger partial charge in [-0.1, -0.05) is 55.3 Å². The highest BCUT2D eigenvalue weighted by molar-refractivity contribution is 5.92. The van der Waals surface area contributed by atoms with Crippen LogP contribution in [0.1, 0.15) is 25.7 Å². The minimum absolute atomic E-state index is 0.750. The van der Waals surface area contributed by atoms with Crippen molar-refractivity contribution in [3.05, 3.63) is 54.6 Å². The summed E-state index contributed by atoms with van der Waals surface area (Å²) in [5.74, 6) is 1.66. The van der Waals surface area contributed by atoms with E-state index in [2.05, 4.69) is 29.2 Å². The first kappa shape index (κ1) is 15.3. The fourth-order valence-electron chi connectivity index (χ4n) is 3.73. The largest absolute Gasteiger partial charge is 0.341 e. The maximum atomic E-state index is 4.96. The van der Waals surface area contributed by atoms with Gasteiger partial charge in [-0.2, -0.15) is 4.52 Å². The topological polar surface area (TPSA) is 46.3 Å². The molecule has 3 heterocycles. The lowest BCUT2D eigenvalue weighted by molar-refractivity contribution is 0.726. The van der Waals surface area contributed by atoms with Crippen molar-refractivity contribution in [2.45, 2.75) is 25.7 Å². The summed E-state index contributed by atoms with van der Waals surface area (Å²) in [7, 11) is 0. The molecular formula is C21H21N5. The Bertz CT molecular complexity index is 1050. The van der Waals surface area contributed by atoms with Gasteiger partial charge < -0.3 is 4.90 Å². The van der Waals surface area contributed by atoms with Gasteiger partial charge >= 0.3 is 0 Å². The predicted octanol–water partition coefficient (Wildman–Crippen LogP) is 4.32. The van der Waals surface area contributed by atoms with E-state index in [-0.39, 0.29) is 0 Å². The lowest BCUT2D eigenvalue weighted by atomic mass is 10.2. The Morgan fingerprint density at radius 2 is 1.46 bits per heavy atom. The van der Waals surface area contributed by atoms with Crippen molar-refractivity contribution in [2.75, 3.05) is 18.0 Å². The summed E-state index contributed by atoms with van der Waals surface area (Å²) in [4.78, 5) is 12.2. The molecular weight excluding hydrogens is 322 g/mol. The van der Waals surface area contributed by atoms with Crippen LogP contribution < -0.4 is 4.90 Å². The van der Waals surface area contributed by atoms with Crippen molar-refractivity contribution < 1.29 is 0 Å². The van der Waals surface area contributed by atoms with Gasteiger partial charge in [-0.05, 0) is 25.0 Å². The minimum Gasteiger partial charge on any atom is -0.341 e. The highest BCUT2D eigenvalue weighted by Gasteiger charge is 2.19. The van der Waals surface area contributed by atoms with E-state index in [1.54, 1.807) is 0 Å². The summed E-state index contributed by atoms with van der Waals surface area (Å²) in [5.41, 5.74) is 2.89. The second-order valence-corrected chi connectivity index (χ2v) is 6.87. The molecule has 0 N–H and O–H groups in total. The van der Waals surface area contributed by atoms with E-state index >= 15 is 0 Å². The average Bonchev–Trinajstić information content (AvgIpc) is 2.97. The van der Waals surface area contributed by atoms with Crippen LogP contribution in [0.4, 0.5) is 5.95 Å². The van der Waals surface area contributed by atoms with E-state index in [0.717, 1.165) is 47.0 Å². The van der Waals surface area contributed by atoms with Crippen molar-refractivity contribution >= 4 is 22.5 Å². The number of fused-ring (bicyclic) bond motifs is 3. The Labute approximate surface area is 152 Å². The second kappa shape index (κ2) is 6.41. The first-order valence-corrected chi connectivity index (χ1v) is 9.36. The molecule has 0 saturated carbocycles.